The van der Waals surface area contributed by atoms with E-state index in [0.717, 1.165) is 22.4 Å². The summed E-state index contributed by atoms with van der Waals surface area (Å²) in [7, 11) is 0. The van der Waals surface area contributed by atoms with Crippen molar-refractivity contribution in [3.63, 3.8) is 0 Å². The molecule has 5 nitrogen and oxygen atoms in total. The summed E-state index contributed by atoms with van der Waals surface area (Å²) in [5.41, 5.74) is 3.67. The number of carbonyl (C=O) groups is 2. The Balaban J connectivity index is 2.33. The topological polar surface area (TPSA) is 78.4 Å². The van der Waals surface area contributed by atoms with Gasteiger partial charge in [0.1, 0.15) is 6.04 Å². The number of aryl methyl sites for hydroxylation is 2. The highest BCUT2D eigenvalue weighted by Gasteiger charge is 2.31. The number of anilines is 1. The van der Waals surface area contributed by atoms with Crippen molar-refractivity contribution in [1.29, 1.82) is 0 Å². The van der Waals surface area contributed by atoms with E-state index in [1.807, 2.05) is 26.0 Å². The van der Waals surface area contributed by atoms with Gasteiger partial charge in [0.25, 0.3) is 0 Å². The number of amides is 1. The van der Waals surface area contributed by atoms with Crippen molar-refractivity contribution in [1.82, 2.24) is 5.32 Å². The second-order valence-electron chi connectivity index (χ2n) is 4.24. The molecule has 1 unspecified atom stereocenters. The minimum absolute atomic E-state index is 0.199. The second kappa shape index (κ2) is 4.18. The van der Waals surface area contributed by atoms with E-state index >= 15 is 0 Å². The first kappa shape index (κ1) is 11.6. The zero-order valence-electron chi connectivity index (χ0n) is 9.70. The molecule has 3 N–H and O–H groups in total. The van der Waals surface area contributed by atoms with Crippen LogP contribution in [-0.4, -0.2) is 23.5 Å². The minimum atomic E-state index is -0.976. The summed E-state index contributed by atoms with van der Waals surface area (Å²) in [4.78, 5) is 22.3. The number of fused-ring (bicyclic) bond motifs is 1. The quantitative estimate of drug-likeness (QED) is 0.728. The Morgan fingerprint density at radius 2 is 2.18 bits per heavy atom. The first-order valence-corrected chi connectivity index (χ1v) is 5.36. The molecule has 0 radical (unpaired) electrons. The van der Waals surface area contributed by atoms with E-state index < -0.39 is 12.0 Å². The maximum absolute atomic E-state index is 11.7. The number of aliphatic carboxylic acids is 1. The smallest absolute Gasteiger partial charge is 0.317 e. The van der Waals surface area contributed by atoms with Crippen molar-refractivity contribution < 1.29 is 14.7 Å². The molecule has 1 aromatic carbocycles. The van der Waals surface area contributed by atoms with Crippen molar-refractivity contribution in [3.8, 4) is 0 Å². The summed E-state index contributed by atoms with van der Waals surface area (Å²) in [6, 6.07) is 3.32. The van der Waals surface area contributed by atoms with Crippen molar-refractivity contribution in [2.75, 3.05) is 11.9 Å². The zero-order chi connectivity index (χ0) is 12.6. The largest absolute Gasteiger partial charge is 0.480 e. The van der Waals surface area contributed by atoms with Crippen molar-refractivity contribution >= 4 is 17.6 Å². The third-order valence-corrected chi connectivity index (χ3v) is 2.79. The van der Waals surface area contributed by atoms with Crippen LogP contribution < -0.4 is 10.6 Å². The molecule has 1 aromatic rings. The maximum Gasteiger partial charge on any atom is 0.317 e. The van der Waals surface area contributed by atoms with Crippen LogP contribution in [0.4, 0.5) is 5.69 Å². The molecule has 1 aliphatic rings. The summed E-state index contributed by atoms with van der Waals surface area (Å²) in [5.74, 6) is -1.18. The van der Waals surface area contributed by atoms with E-state index in [1.165, 1.54) is 0 Å². The van der Waals surface area contributed by atoms with Gasteiger partial charge < -0.3 is 10.4 Å². The minimum Gasteiger partial charge on any atom is -0.480 e. The number of carbonyl (C=O) groups excluding carboxylic acids is 1. The summed E-state index contributed by atoms with van der Waals surface area (Å²) >= 11 is 0. The SMILES string of the molecule is Cc1cc(C)c2c(c1)C(NCC(=O)O)C(=O)N2. The average molecular weight is 234 g/mol. The van der Waals surface area contributed by atoms with Crippen LogP contribution in [0.15, 0.2) is 12.1 Å². The Morgan fingerprint density at radius 3 is 2.82 bits per heavy atom. The Bertz CT molecular complexity index is 497. The van der Waals surface area contributed by atoms with Crippen LogP contribution in [0.1, 0.15) is 22.7 Å². The highest BCUT2D eigenvalue weighted by Crippen LogP contribution is 2.34. The third kappa shape index (κ3) is 2.14. The average Bonchev–Trinajstić information content (AvgIpc) is 2.52. The van der Waals surface area contributed by atoms with E-state index in [0.29, 0.717) is 0 Å². The molecule has 0 fully saturated rings. The van der Waals surface area contributed by atoms with Gasteiger partial charge in [-0.05, 0) is 19.4 Å². The molecule has 1 heterocycles. The molecule has 0 saturated carbocycles. The number of nitrogens with one attached hydrogen (secondary N) is 2. The number of carboxylic acid groups (broad SMARTS) is 1. The number of carboxylic acids is 1. The molecular formula is C12H14N2O3. The Labute approximate surface area is 98.8 Å². The van der Waals surface area contributed by atoms with Crippen LogP contribution in [0.5, 0.6) is 0 Å². The van der Waals surface area contributed by atoms with Gasteiger partial charge in [0, 0.05) is 11.3 Å². The number of benzene rings is 1. The van der Waals surface area contributed by atoms with Gasteiger partial charge in [-0.15, -0.1) is 0 Å². The lowest BCUT2D eigenvalue weighted by Gasteiger charge is -2.10. The second-order valence-corrected chi connectivity index (χ2v) is 4.24. The highest BCUT2D eigenvalue weighted by molar-refractivity contribution is 6.03. The first-order chi connectivity index (χ1) is 7.99. The molecule has 0 aromatic heterocycles. The molecule has 0 bridgehead atoms. The lowest BCUT2D eigenvalue weighted by molar-refractivity contribution is -0.136. The molecule has 2 rings (SSSR count). The van der Waals surface area contributed by atoms with Crippen molar-refractivity contribution in [2.45, 2.75) is 19.9 Å². The molecule has 1 atom stereocenters. The molecule has 17 heavy (non-hydrogen) atoms. The molecule has 0 spiro atoms. The number of rotatable bonds is 3. The first-order valence-electron chi connectivity index (χ1n) is 5.36. The zero-order valence-corrected chi connectivity index (χ0v) is 9.70. The Hall–Kier alpha value is -1.88. The highest BCUT2D eigenvalue weighted by atomic mass is 16.4. The lowest BCUT2D eigenvalue weighted by Crippen LogP contribution is -2.31. The Kier molecular flexibility index (Phi) is 2.85. The van der Waals surface area contributed by atoms with E-state index in [2.05, 4.69) is 10.6 Å². The molecular weight excluding hydrogens is 220 g/mol. The van der Waals surface area contributed by atoms with Crippen LogP contribution in [0.25, 0.3) is 0 Å². The molecule has 0 saturated heterocycles. The normalized spacial score (nSPS) is 17.8. The van der Waals surface area contributed by atoms with E-state index in [4.69, 9.17) is 5.11 Å². The van der Waals surface area contributed by atoms with Gasteiger partial charge in [-0.1, -0.05) is 17.7 Å². The van der Waals surface area contributed by atoms with Crippen LogP contribution in [0, 0.1) is 13.8 Å². The van der Waals surface area contributed by atoms with Gasteiger partial charge in [0.2, 0.25) is 5.91 Å². The molecule has 5 heteroatoms. The monoisotopic (exact) mass is 234 g/mol. The third-order valence-electron chi connectivity index (χ3n) is 2.79. The lowest BCUT2D eigenvalue weighted by atomic mass is 10.0. The summed E-state index contributed by atoms with van der Waals surface area (Å²) < 4.78 is 0. The van der Waals surface area contributed by atoms with E-state index in [1.54, 1.807) is 0 Å². The molecule has 1 aliphatic heterocycles. The van der Waals surface area contributed by atoms with Crippen LogP contribution in [0.3, 0.4) is 0 Å². The van der Waals surface area contributed by atoms with Crippen LogP contribution >= 0.6 is 0 Å². The fourth-order valence-corrected chi connectivity index (χ4v) is 2.13. The summed E-state index contributed by atoms with van der Waals surface area (Å²) in [6.07, 6.45) is 0. The van der Waals surface area contributed by atoms with E-state index in [9.17, 15) is 9.59 Å². The Morgan fingerprint density at radius 1 is 1.47 bits per heavy atom. The standard InChI is InChI=1S/C12H14N2O3/c1-6-3-7(2)10-8(4-6)11(12(17)14-10)13-5-9(15)16/h3-4,11,13H,5H2,1-2H3,(H,14,17)(H,15,16). The predicted octanol–water partition coefficient (Wildman–Crippen LogP) is 0.971. The van der Waals surface area contributed by atoms with Crippen molar-refractivity contribution in [2.24, 2.45) is 0 Å². The van der Waals surface area contributed by atoms with E-state index in [-0.39, 0.29) is 12.5 Å². The number of hydrogen-bond acceptors (Lipinski definition) is 3. The number of hydrogen-bond donors (Lipinski definition) is 3. The summed E-state index contributed by atoms with van der Waals surface area (Å²) in [6.45, 7) is 3.64. The van der Waals surface area contributed by atoms with Crippen LogP contribution in [-0.2, 0) is 9.59 Å². The van der Waals surface area contributed by atoms with Gasteiger partial charge in [-0.2, -0.15) is 0 Å². The van der Waals surface area contributed by atoms with Gasteiger partial charge in [-0.3, -0.25) is 14.9 Å². The van der Waals surface area contributed by atoms with Gasteiger partial charge in [0.15, 0.2) is 0 Å². The predicted molar refractivity (Wildman–Crippen MR) is 62.9 cm³/mol. The summed E-state index contributed by atoms with van der Waals surface area (Å²) in [5, 5.41) is 14.1. The fraction of sp³-hybridized carbons (Fsp3) is 0.333. The van der Waals surface area contributed by atoms with Crippen molar-refractivity contribution in [3.05, 3.63) is 28.8 Å². The molecule has 0 aliphatic carbocycles. The molecule has 1 amide bonds. The maximum atomic E-state index is 11.7. The van der Waals surface area contributed by atoms with Crippen LogP contribution in [0.2, 0.25) is 0 Å². The van der Waals surface area contributed by atoms with Gasteiger partial charge in [-0.25, -0.2) is 0 Å². The fourth-order valence-electron chi connectivity index (χ4n) is 2.13. The molecule has 90 valence electrons. The van der Waals surface area contributed by atoms with Gasteiger partial charge >= 0.3 is 5.97 Å². The van der Waals surface area contributed by atoms with Gasteiger partial charge in [0.05, 0.1) is 6.54 Å².